The number of carbonyl (C=O) groups excluding carboxylic acids is 3. The molecular formula is C19H26N2O5. The highest BCUT2D eigenvalue weighted by Gasteiger charge is 2.23. The Morgan fingerprint density at radius 2 is 1.85 bits per heavy atom. The number of nitrogens with one attached hydrogen (secondary N) is 2. The first kappa shape index (κ1) is 19.8. The smallest absolute Gasteiger partial charge is 0.339 e. The molecule has 0 aromatic heterocycles. The summed E-state index contributed by atoms with van der Waals surface area (Å²) < 4.78 is 10.3. The fraction of sp³-hybridized carbons (Fsp3) is 0.526. The topological polar surface area (TPSA) is 93.7 Å². The van der Waals surface area contributed by atoms with Gasteiger partial charge in [-0.05, 0) is 44.4 Å². The lowest BCUT2D eigenvalue weighted by molar-refractivity contribution is -0.127. The summed E-state index contributed by atoms with van der Waals surface area (Å²) in [5, 5.41) is 5.01. The molecule has 2 N–H and O–H groups in total. The van der Waals surface area contributed by atoms with E-state index in [1.54, 1.807) is 18.2 Å². The first-order valence-electron chi connectivity index (χ1n) is 8.87. The van der Waals surface area contributed by atoms with Crippen molar-refractivity contribution < 1.29 is 23.9 Å². The Balaban J connectivity index is 1.85. The van der Waals surface area contributed by atoms with Crippen LogP contribution in [0.5, 0.6) is 5.75 Å². The molecule has 0 heterocycles. The Kier molecular flexibility index (Phi) is 7.00. The van der Waals surface area contributed by atoms with Crippen LogP contribution in [0.1, 0.15) is 54.9 Å². The van der Waals surface area contributed by atoms with Gasteiger partial charge in [0.25, 0.3) is 5.91 Å². The van der Waals surface area contributed by atoms with Crippen LogP contribution >= 0.6 is 0 Å². The molecule has 7 heteroatoms. The third-order valence-electron chi connectivity index (χ3n) is 4.47. The molecular weight excluding hydrogens is 336 g/mol. The number of ether oxygens (including phenoxy) is 2. The average molecular weight is 362 g/mol. The number of imide groups is 1. The van der Waals surface area contributed by atoms with Gasteiger partial charge in [-0.1, -0.05) is 25.3 Å². The van der Waals surface area contributed by atoms with Crippen molar-refractivity contribution in [2.45, 2.75) is 58.1 Å². The van der Waals surface area contributed by atoms with Crippen molar-refractivity contribution in [3.8, 4) is 5.75 Å². The van der Waals surface area contributed by atoms with Crippen LogP contribution in [-0.4, -0.2) is 37.2 Å². The lowest BCUT2D eigenvalue weighted by atomic mass is 9.96. The second kappa shape index (κ2) is 9.22. The van der Waals surface area contributed by atoms with E-state index in [4.69, 9.17) is 9.47 Å². The number of esters is 1. The van der Waals surface area contributed by atoms with Crippen molar-refractivity contribution in [3.63, 3.8) is 0 Å². The van der Waals surface area contributed by atoms with E-state index in [0.717, 1.165) is 31.2 Å². The first-order valence-corrected chi connectivity index (χ1v) is 8.87. The van der Waals surface area contributed by atoms with Crippen LogP contribution in [-0.2, 0) is 9.53 Å². The Labute approximate surface area is 153 Å². The third kappa shape index (κ3) is 5.47. The monoisotopic (exact) mass is 362 g/mol. The molecule has 3 amide bonds. The fourth-order valence-corrected chi connectivity index (χ4v) is 2.91. The minimum absolute atomic E-state index is 0.0921. The van der Waals surface area contributed by atoms with Crippen molar-refractivity contribution in [1.82, 2.24) is 10.6 Å². The van der Waals surface area contributed by atoms with Gasteiger partial charge in [0.15, 0.2) is 6.10 Å². The molecule has 26 heavy (non-hydrogen) atoms. The zero-order valence-electron chi connectivity index (χ0n) is 15.5. The lowest BCUT2D eigenvalue weighted by Crippen LogP contribution is -2.48. The largest absolute Gasteiger partial charge is 0.496 e. The summed E-state index contributed by atoms with van der Waals surface area (Å²) in [7, 11) is 1.51. The molecule has 1 unspecified atom stereocenters. The highest BCUT2D eigenvalue weighted by molar-refractivity contribution is 5.98. The zero-order valence-corrected chi connectivity index (χ0v) is 15.5. The van der Waals surface area contributed by atoms with E-state index < -0.39 is 24.0 Å². The molecule has 1 saturated carbocycles. The van der Waals surface area contributed by atoms with E-state index in [1.807, 2.05) is 6.92 Å². The first-order chi connectivity index (χ1) is 12.4. The number of amides is 3. The molecule has 1 aromatic carbocycles. The predicted molar refractivity (Wildman–Crippen MR) is 96.2 cm³/mol. The van der Waals surface area contributed by atoms with Crippen molar-refractivity contribution in [1.29, 1.82) is 0 Å². The van der Waals surface area contributed by atoms with E-state index >= 15 is 0 Å². The number of hydrogen-bond donors (Lipinski definition) is 2. The molecule has 1 aromatic rings. The average Bonchev–Trinajstić information content (AvgIpc) is 2.62. The highest BCUT2D eigenvalue weighted by Crippen LogP contribution is 2.20. The fourth-order valence-electron chi connectivity index (χ4n) is 2.91. The van der Waals surface area contributed by atoms with E-state index in [1.165, 1.54) is 20.5 Å². The highest BCUT2D eigenvalue weighted by atomic mass is 16.5. The van der Waals surface area contributed by atoms with Crippen LogP contribution in [0, 0.1) is 6.92 Å². The summed E-state index contributed by atoms with van der Waals surface area (Å²) in [5.74, 6) is -0.757. The maximum Gasteiger partial charge on any atom is 0.339 e. The maximum absolute atomic E-state index is 12.2. The Morgan fingerprint density at radius 3 is 2.50 bits per heavy atom. The molecule has 2 rings (SSSR count). The number of benzene rings is 1. The van der Waals surface area contributed by atoms with Crippen LogP contribution in [0.4, 0.5) is 4.79 Å². The molecule has 0 spiro atoms. The quantitative estimate of drug-likeness (QED) is 0.786. The summed E-state index contributed by atoms with van der Waals surface area (Å²) in [6.07, 6.45) is 4.07. The summed E-state index contributed by atoms with van der Waals surface area (Å²) in [5.41, 5.74) is 1.16. The number of aryl methyl sites for hydroxylation is 1. The van der Waals surface area contributed by atoms with Crippen LogP contribution in [0.3, 0.4) is 0 Å². The minimum Gasteiger partial charge on any atom is -0.496 e. The van der Waals surface area contributed by atoms with Gasteiger partial charge in [0.1, 0.15) is 5.75 Å². The molecule has 0 aliphatic heterocycles. The van der Waals surface area contributed by atoms with Gasteiger partial charge in [0.2, 0.25) is 0 Å². The predicted octanol–water partition coefficient (Wildman–Crippen LogP) is 2.71. The second-order valence-corrected chi connectivity index (χ2v) is 6.53. The van der Waals surface area contributed by atoms with E-state index in [9.17, 15) is 14.4 Å². The second-order valence-electron chi connectivity index (χ2n) is 6.53. The van der Waals surface area contributed by atoms with Crippen molar-refractivity contribution in [2.24, 2.45) is 0 Å². The van der Waals surface area contributed by atoms with Gasteiger partial charge in [0, 0.05) is 6.04 Å². The molecule has 1 atom stereocenters. The standard InChI is InChI=1S/C19H26N2O5/c1-12-9-10-14(11-16(12)25-3)18(23)26-13(2)17(22)21-19(24)20-15-7-5-4-6-8-15/h9-11,13,15H,4-8H2,1-3H3,(H2,20,21,22,24). The van der Waals surface area contributed by atoms with Gasteiger partial charge < -0.3 is 14.8 Å². The molecule has 0 saturated heterocycles. The van der Waals surface area contributed by atoms with Crippen molar-refractivity contribution >= 4 is 17.9 Å². The summed E-state index contributed by atoms with van der Waals surface area (Å²) in [6, 6.07) is 4.42. The maximum atomic E-state index is 12.2. The Hall–Kier alpha value is -2.57. The molecule has 0 radical (unpaired) electrons. The number of urea groups is 1. The summed E-state index contributed by atoms with van der Waals surface area (Å²) in [6.45, 7) is 3.28. The minimum atomic E-state index is -1.09. The Bertz CT molecular complexity index is 668. The lowest BCUT2D eigenvalue weighted by Gasteiger charge is -2.23. The summed E-state index contributed by atoms with van der Waals surface area (Å²) >= 11 is 0. The number of carbonyl (C=O) groups is 3. The number of hydrogen-bond acceptors (Lipinski definition) is 5. The molecule has 142 valence electrons. The van der Waals surface area contributed by atoms with E-state index in [-0.39, 0.29) is 11.6 Å². The van der Waals surface area contributed by atoms with Gasteiger partial charge in [-0.25, -0.2) is 9.59 Å². The molecule has 1 aliphatic rings. The SMILES string of the molecule is COc1cc(C(=O)OC(C)C(=O)NC(=O)NC2CCCCC2)ccc1C. The van der Waals surface area contributed by atoms with Crippen LogP contribution in [0.15, 0.2) is 18.2 Å². The molecule has 1 fully saturated rings. The number of methoxy groups -OCH3 is 1. The van der Waals surface area contributed by atoms with Gasteiger partial charge in [-0.15, -0.1) is 0 Å². The molecule has 1 aliphatic carbocycles. The van der Waals surface area contributed by atoms with Gasteiger partial charge in [0.05, 0.1) is 12.7 Å². The van der Waals surface area contributed by atoms with Crippen molar-refractivity contribution in [3.05, 3.63) is 29.3 Å². The van der Waals surface area contributed by atoms with Gasteiger partial charge in [-0.2, -0.15) is 0 Å². The number of rotatable bonds is 5. The van der Waals surface area contributed by atoms with Gasteiger partial charge in [-0.3, -0.25) is 10.1 Å². The van der Waals surface area contributed by atoms with Crippen LogP contribution < -0.4 is 15.4 Å². The Morgan fingerprint density at radius 1 is 1.15 bits per heavy atom. The zero-order chi connectivity index (χ0) is 19.1. The molecule has 0 bridgehead atoms. The van der Waals surface area contributed by atoms with E-state index in [2.05, 4.69) is 10.6 Å². The normalized spacial score (nSPS) is 15.7. The van der Waals surface area contributed by atoms with Crippen molar-refractivity contribution in [2.75, 3.05) is 7.11 Å². The van der Waals surface area contributed by atoms with Crippen LogP contribution in [0.2, 0.25) is 0 Å². The van der Waals surface area contributed by atoms with Crippen LogP contribution in [0.25, 0.3) is 0 Å². The molecule has 7 nitrogen and oxygen atoms in total. The van der Waals surface area contributed by atoms with E-state index in [0.29, 0.717) is 5.75 Å². The summed E-state index contributed by atoms with van der Waals surface area (Å²) in [4.78, 5) is 36.2. The third-order valence-corrected chi connectivity index (χ3v) is 4.47. The van der Waals surface area contributed by atoms with Gasteiger partial charge >= 0.3 is 12.0 Å².